The molecule has 0 saturated carbocycles. The molecule has 4 nitrogen and oxygen atoms in total. The predicted molar refractivity (Wildman–Crippen MR) is 85.8 cm³/mol. The van der Waals surface area contributed by atoms with Gasteiger partial charge >= 0.3 is 0 Å². The molecule has 3 rings (SSSR count). The van der Waals surface area contributed by atoms with E-state index in [1.165, 1.54) is 5.56 Å². The molecule has 1 fully saturated rings. The number of nitrogens with zero attached hydrogens (tertiary/aromatic N) is 1. The van der Waals surface area contributed by atoms with Gasteiger partial charge in [-0.2, -0.15) is 0 Å². The first-order valence-electron chi connectivity index (χ1n) is 7.69. The van der Waals surface area contributed by atoms with E-state index in [1.54, 1.807) is 18.4 Å². The number of carbonyl (C=O) groups excluding carboxylic acids is 1. The molecule has 1 aromatic carbocycles. The van der Waals surface area contributed by atoms with Crippen molar-refractivity contribution in [1.82, 2.24) is 10.2 Å². The number of carbonyl (C=O) groups is 1. The molecular formula is C18H22N2O2. The summed E-state index contributed by atoms with van der Waals surface area (Å²) in [5.74, 6) is 0.378. The van der Waals surface area contributed by atoms with Gasteiger partial charge in [-0.15, -0.1) is 0 Å². The molecule has 1 unspecified atom stereocenters. The Balaban J connectivity index is 1.74. The van der Waals surface area contributed by atoms with E-state index in [2.05, 4.69) is 31.3 Å². The molecular weight excluding hydrogens is 276 g/mol. The molecule has 4 heteroatoms. The number of rotatable bonds is 3. The lowest BCUT2D eigenvalue weighted by Crippen LogP contribution is -2.64. The minimum atomic E-state index is -0.225. The number of hydrogen-bond acceptors (Lipinski definition) is 3. The molecule has 1 atom stereocenters. The van der Waals surface area contributed by atoms with Crippen molar-refractivity contribution in [2.75, 3.05) is 13.1 Å². The van der Waals surface area contributed by atoms with Gasteiger partial charge in [-0.1, -0.05) is 30.3 Å². The molecule has 2 aromatic rings. The first kappa shape index (κ1) is 14.9. The third-order valence-electron chi connectivity index (χ3n) is 4.26. The van der Waals surface area contributed by atoms with Crippen molar-refractivity contribution in [2.24, 2.45) is 0 Å². The lowest BCUT2D eigenvalue weighted by molar-refractivity contribution is 0.0366. The van der Waals surface area contributed by atoms with Crippen LogP contribution in [-0.2, 0) is 6.42 Å². The van der Waals surface area contributed by atoms with Crippen LogP contribution >= 0.6 is 0 Å². The van der Waals surface area contributed by atoms with Crippen LogP contribution in [0.2, 0.25) is 0 Å². The summed E-state index contributed by atoms with van der Waals surface area (Å²) in [4.78, 5) is 14.6. The minimum absolute atomic E-state index is 0.0328. The van der Waals surface area contributed by atoms with E-state index >= 15 is 0 Å². The van der Waals surface area contributed by atoms with Gasteiger partial charge in [-0.25, -0.2) is 0 Å². The SMILES string of the molecule is CC1(C)CNC(Cc2ccccc2)CN1C(=O)c1ccco1. The van der Waals surface area contributed by atoms with Crippen LogP contribution in [-0.4, -0.2) is 35.5 Å². The van der Waals surface area contributed by atoms with Gasteiger partial charge in [-0.05, 0) is 38.0 Å². The van der Waals surface area contributed by atoms with Crippen LogP contribution in [0.1, 0.15) is 30.0 Å². The summed E-state index contributed by atoms with van der Waals surface area (Å²) in [6.45, 7) is 5.62. The topological polar surface area (TPSA) is 45.5 Å². The largest absolute Gasteiger partial charge is 0.459 e. The molecule has 116 valence electrons. The Morgan fingerprint density at radius 1 is 1.27 bits per heavy atom. The lowest BCUT2D eigenvalue weighted by atomic mass is 9.94. The molecule has 1 N–H and O–H groups in total. The van der Waals surface area contributed by atoms with Crippen LogP contribution in [0.3, 0.4) is 0 Å². The lowest BCUT2D eigenvalue weighted by Gasteiger charge is -2.45. The fourth-order valence-corrected chi connectivity index (χ4v) is 2.95. The minimum Gasteiger partial charge on any atom is -0.459 e. The molecule has 0 radical (unpaired) electrons. The zero-order valence-electron chi connectivity index (χ0n) is 13.1. The third-order valence-corrected chi connectivity index (χ3v) is 4.26. The molecule has 22 heavy (non-hydrogen) atoms. The van der Waals surface area contributed by atoms with E-state index in [4.69, 9.17) is 4.42 Å². The highest BCUT2D eigenvalue weighted by molar-refractivity contribution is 5.92. The van der Waals surface area contributed by atoms with Crippen LogP contribution in [0.15, 0.2) is 53.1 Å². The van der Waals surface area contributed by atoms with E-state index in [9.17, 15) is 4.79 Å². The molecule has 2 heterocycles. The smallest absolute Gasteiger partial charge is 0.290 e. The van der Waals surface area contributed by atoms with E-state index in [-0.39, 0.29) is 17.5 Å². The van der Waals surface area contributed by atoms with Crippen LogP contribution in [0.5, 0.6) is 0 Å². The first-order valence-corrected chi connectivity index (χ1v) is 7.69. The number of furan rings is 1. The summed E-state index contributed by atoms with van der Waals surface area (Å²) in [7, 11) is 0. The maximum Gasteiger partial charge on any atom is 0.290 e. The first-order chi connectivity index (χ1) is 10.6. The average Bonchev–Trinajstić information content (AvgIpc) is 3.04. The summed E-state index contributed by atoms with van der Waals surface area (Å²) in [5.41, 5.74) is 1.06. The van der Waals surface area contributed by atoms with E-state index in [0.29, 0.717) is 12.3 Å². The molecule has 0 aliphatic carbocycles. The Morgan fingerprint density at radius 2 is 2.05 bits per heavy atom. The Hall–Kier alpha value is -2.07. The monoisotopic (exact) mass is 298 g/mol. The fraction of sp³-hybridized carbons (Fsp3) is 0.389. The third kappa shape index (κ3) is 3.07. The zero-order chi connectivity index (χ0) is 15.6. The second kappa shape index (κ2) is 5.97. The van der Waals surface area contributed by atoms with Gasteiger partial charge in [0.2, 0.25) is 0 Å². The number of amides is 1. The van der Waals surface area contributed by atoms with Crippen molar-refractivity contribution in [1.29, 1.82) is 0 Å². The second-order valence-corrected chi connectivity index (χ2v) is 6.47. The summed E-state index contributed by atoms with van der Waals surface area (Å²) in [5, 5.41) is 3.56. The van der Waals surface area contributed by atoms with Crippen LogP contribution in [0.4, 0.5) is 0 Å². The van der Waals surface area contributed by atoms with Crippen LogP contribution in [0.25, 0.3) is 0 Å². The van der Waals surface area contributed by atoms with Crippen molar-refractivity contribution >= 4 is 5.91 Å². The van der Waals surface area contributed by atoms with Crippen LogP contribution < -0.4 is 5.32 Å². The normalized spacial score (nSPS) is 20.8. The van der Waals surface area contributed by atoms with Gasteiger partial charge in [-0.3, -0.25) is 4.79 Å². The Kier molecular flexibility index (Phi) is 4.03. The number of piperazine rings is 1. The van der Waals surface area contributed by atoms with Crippen molar-refractivity contribution in [3.8, 4) is 0 Å². The molecule has 1 amide bonds. The van der Waals surface area contributed by atoms with Crippen molar-refractivity contribution < 1.29 is 9.21 Å². The van der Waals surface area contributed by atoms with Crippen LogP contribution in [0, 0.1) is 0 Å². The van der Waals surface area contributed by atoms with Crippen molar-refractivity contribution in [3.63, 3.8) is 0 Å². The highest BCUT2D eigenvalue weighted by atomic mass is 16.3. The summed E-state index contributed by atoms with van der Waals surface area (Å²) < 4.78 is 5.28. The van der Waals surface area contributed by atoms with Crippen molar-refractivity contribution in [2.45, 2.75) is 31.8 Å². The predicted octanol–water partition coefficient (Wildman–Crippen LogP) is 2.71. The van der Waals surface area contributed by atoms with Gasteiger partial charge in [0.1, 0.15) is 0 Å². The van der Waals surface area contributed by atoms with Gasteiger partial charge in [0.25, 0.3) is 5.91 Å². The molecule has 0 spiro atoms. The van der Waals surface area contributed by atoms with Gasteiger partial charge < -0.3 is 14.6 Å². The Labute approximate surface area is 131 Å². The molecule has 1 aliphatic heterocycles. The number of benzene rings is 1. The van der Waals surface area contributed by atoms with E-state index < -0.39 is 0 Å². The molecule has 1 saturated heterocycles. The highest BCUT2D eigenvalue weighted by Gasteiger charge is 2.38. The standard InChI is InChI=1S/C18H22N2O2/c1-18(2)13-19-15(11-14-7-4-3-5-8-14)12-20(18)17(21)16-9-6-10-22-16/h3-10,15,19H,11-13H2,1-2H3. The summed E-state index contributed by atoms with van der Waals surface area (Å²) in [6, 6.07) is 14.1. The van der Waals surface area contributed by atoms with Crippen molar-refractivity contribution in [3.05, 3.63) is 60.1 Å². The van der Waals surface area contributed by atoms with Gasteiger partial charge in [0.05, 0.1) is 11.8 Å². The molecule has 1 aliphatic rings. The zero-order valence-corrected chi connectivity index (χ0v) is 13.1. The maximum absolute atomic E-state index is 12.7. The Morgan fingerprint density at radius 3 is 2.73 bits per heavy atom. The van der Waals surface area contributed by atoms with E-state index in [0.717, 1.165) is 13.0 Å². The Bertz CT molecular complexity index is 620. The quantitative estimate of drug-likeness (QED) is 0.947. The average molecular weight is 298 g/mol. The number of nitrogens with one attached hydrogen (secondary N) is 1. The fourth-order valence-electron chi connectivity index (χ4n) is 2.95. The summed E-state index contributed by atoms with van der Waals surface area (Å²) in [6.07, 6.45) is 2.46. The number of hydrogen-bond donors (Lipinski definition) is 1. The molecule has 0 bridgehead atoms. The van der Waals surface area contributed by atoms with Gasteiger partial charge in [0, 0.05) is 19.1 Å². The molecule has 1 aromatic heterocycles. The highest BCUT2D eigenvalue weighted by Crippen LogP contribution is 2.23. The van der Waals surface area contributed by atoms with E-state index in [1.807, 2.05) is 23.1 Å². The van der Waals surface area contributed by atoms with Gasteiger partial charge in [0.15, 0.2) is 5.76 Å². The second-order valence-electron chi connectivity index (χ2n) is 6.47. The summed E-state index contributed by atoms with van der Waals surface area (Å²) >= 11 is 0. The maximum atomic E-state index is 12.7.